The van der Waals surface area contributed by atoms with Crippen LogP contribution in [0.15, 0.2) is 18.5 Å². The van der Waals surface area contributed by atoms with Crippen LogP contribution in [0.25, 0.3) is 21.6 Å². The van der Waals surface area contributed by atoms with Gasteiger partial charge in [-0.3, -0.25) is 0 Å². The first-order valence-electron chi connectivity index (χ1n) is 10.7. The fourth-order valence-corrected chi connectivity index (χ4v) is 7.22. The lowest BCUT2D eigenvalue weighted by atomic mass is 10.1. The molecule has 0 atom stereocenters. The van der Waals surface area contributed by atoms with Crippen molar-refractivity contribution < 1.29 is 18.3 Å². The van der Waals surface area contributed by atoms with Crippen molar-refractivity contribution in [3.05, 3.63) is 23.3 Å². The van der Waals surface area contributed by atoms with Crippen molar-refractivity contribution in [1.82, 2.24) is 25.3 Å². The number of anilines is 2. The first-order valence-corrected chi connectivity index (χ1v) is 13.2. The third-order valence-electron chi connectivity index (χ3n) is 5.94. The summed E-state index contributed by atoms with van der Waals surface area (Å²) in [5.41, 5.74) is 6.87. The lowest BCUT2D eigenvalue weighted by Crippen LogP contribution is -2.48. The predicted octanol–water partition coefficient (Wildman–Crippen LogP) is 0.554. The number of ether oxygens (including phenoxy) is 1. The molecule has 0 radical (unpaired) electrons. The summed E-state index contributed by atoms with van der Waals surface area (Å²) in [6, 6.07) is 1.77. The van der Waals surface area contributed by atoms with Gasteiger partial charge in [-0.1, -0.05) is 0 Å². The molecule has 3 aromatic heterocycles. The largest absolute Gasteiger partial charge is 0.378 e. The van der Waals surface area contributed by atoms with E-state index in [0.717, 1.165) is 10.5 Å². The van der Waals surface area contributed by atoms with Gasteiger partial charge in [0.05, 0.1) is 34.7 Å². The van der Waals surface area contributed by atoms with Crippen LogP contribution in [0.1, 0.15) is 17.7 Å². The molecule has 2 aliphatic heterocycles. The van der Waals surface area contributed by atoms with E-state index in [4.69, 9.17) is 15.5 Å². The number of morpholine rings is 1. The first kappa shape index (κ1) is 22.3. The molecule has 2 saturated heterocycles. The molecular formula is C20H25N7O4S2. The Morgan fingerprint density at radius 1 is 1.18 bits per heavy atom. The third kappa shape index (κ3) is 4.38. The van der Waals surface area contributed by atoms with Gasteiger partial charge in [0.1, 0.15) is 0 Å². The summed E-state index contributed by atoms with van der Waals surface area (Å²) in [4.78, 5) is 18.5. The Hall–Kier alpha value is -2.45. The Morgan fingerprint density at radius 2 is 1.88 bits per heavy atom. The predicted molar refractivity (Wildman–Crippen MR) is 126 cm³/mol. The van der Waals surface area contributed by atoms with E-state index >= 15 is 0 Å². The average molecular weight is 492 g/mol. The van der Waals surface area contributed by atoms with Crippen molar-refractivity contribution in [3.63, 3.8) is 0 Å². The zero-order chi connectivity index (χ0) is 23.1. The van der Waals surface area contributed by atoms with Crippen LogP contribution in [-0.4, -0.2) is 77.8 Å². The Kier molecular flexibility index (Phi) is 5.91. The molecule has 5 heterocycles. The zero-order valence-corrected chi connectivity index (χ0v) is 19.5. The number of rotatable bonds is 5. The summed E-state index contributed by atoms with van der Waals surface area (Å²) < 4.78 is 32.5. The molecule has 0 bridgehead atoms. The lowest BCUT2D eigenvalue weighted by molar-refractivity contribution is 0.0897. The topological polar surface area (TPSA) is 156 Å². The van der Waals surface area contributed by atoms with Crippen molar-refractivity contribution in [2.45, 2.75) is 23.5 Å². The van der Waals surface area contributed by atoms with Gasteiger partial charge in [0.2, 0.25) is 5.95 Å². The zero-order valence-electron chi connectivity index (χ0n) is 17.9. The number of nitrogens with zero attached hydrogens (tertiary/aromatic N) is 5. The maximum absolute atomic E-state index is 13.1. The van der Waals surface area contributed by atoms with Gasteiger partial charge in [0.15, 0.2) is 26.4 Å². The number of fused-ring (bicyclic) bond motifs is 1. The Bertz CT molecular complexity index is 1250. The number of nitrogens with two attached hydrogens (primary N) is 1. The van der Waals surface area contributed by atoms with Gasteiger partial charge in [0.25, 0.3) is 0 Å². The minimum absolute atomic E-state index is 0.159. The van der Waals surface area contributed by atoms with E-state index < -0.39 is 14.8 Å². The van der Waals surface area contributed by atoms with Crippen LogP contribution in [0.5, 0.6) is 0 Å². The van der Waals surface area contributed by atoms with E-state index in [0.29, 0.717) is 61.2 Å². The molecule has 2 aliphatic rings. The third-order valence-corrected chi connectivity index (χ3v) is 9.50. The number of nitrogens with one attached hydrogen (secondary N) is 1. The molecule has 0 aromatic carbocycles. The Labute approximate surface area is 195 Å². The molecule has 0 aliphatic carbocycles. The molecular weight excluding hydrogens is 466 g/mol. The minimum Gasteiger partial charge on any atom is -0.378 e. The quantitative estimate of drug-likeness (QED) is 0.458. The molecule has 11 nitrogen and oxygen atoms in total. The second-order valence-corrected chi connectivity index (χ2v) is 11.6. The number of hydrogen-bond acceptors (Lipinski definition) is 12. The summed E-state index contributed by atoms with van der Waals surface area (Å²) in [6.07, 6.45) is 3.49. The van der Waals surface area contributed by atoms with E-state index in [2.05, 4.69) is 25.2 Å². The highest BCUT2D eigenvalue weighted by Crippen LogP contribution is 2.37. The van der Waals surface area contributed by atoms with Crippen molar-refractivity contribution in [2.24, 2.45) is 0 Å². The van der Waals surface area contributed by atoms with E-state index in [9.17, 15) is 13.5 Å². The smallest absolute Gasteiger partial charge is 0.219 e. The minimum atomic E-state index is -3.78. The van der Waals surface area contributed by atoms with Crippen LogP contribution >= 0.6 is 11.3 Å². The SMILES string of the molecule is Nc1ncc(-c2nc(N3CCOCC3)c3sc(CS(=O)(=O)C4(O)CCNCC4)cc3n2)cn1. The van der Waals surface area contributed by atoms with Gasteiger partial charge >= 0.3 is 0 Å². The van der Waals surface area contributed by atoms with Crippen LogP contribution < -0.4 is 16.0 Å². The number of nitrogen functional groups attached to an aromatic ring is 1. The number of aromatic nitrogens is 4. The van der Waals surface area contributed by atoms with Crippen molar-refractivity contribution in [2.75, 3.05) is 50.0 Å². The highest BCUT2D eigenvalue weighted by molar-refractivity contribution is 7.92. The molecule has 4 N–H and O–H groups in total. The summed E-state index contributed by atoms with van der Waals surface area (Å²) >= 11 is 1.35. The highest BCUT2D eigenvalue weighted by atomic mass is 32.2. The lowest BCUT2D eigenvalue weighted by Gasteiger charge is -2.31. The maximum atomic E-state index is 13.1. The number of thiophene rings is 1. The van der Waals surface area contributed by atoms with E-state index in [-0.39, 0.29) is 24.5 Å². The van der Waals surface area contributed by atoms with Crippen LogP contribution in [0.2, 0.25) is 0 Å². The standard InChI is InChI=1S/C20H25N7O4S2/c21-19-23-10-13(11-24-19)17-25-15-9-14(12-33(29,30)20(28)1-3-22-4-2-20)32-16(15)18(26-17)27-5-7-31-8-6-27/h9-11,22,28H,1-8,12H2,(H2,21,23,24). The van der Waals surface area contributed by atoms with Crippen molar-refractivity contribution >= 4 is 43.2 Å². The molecule has 0 saturated carbocycles. The van der Waals surface area contributed by atoms with Gasteiger partial charge in [0, 0.05) is 43.2 Å². The van der Waals surface area contributed by atoms with E-state index in [1.165, 1.54) is 11.3 Å². The van der Waals surface area contributed by atoms with Crippen LogP contribution in [0.3, 0.4) is 0 Å². The molecule has 0 spiro atoms. The van der Waals surface area contributed by atoms with Crippen molar-refractivity contribution in [3.8, 4) is 11.4 Å². The van der Waals surface area contributed by atoms with Gasteiger partial charge < -0.3 is 25.8 Å². The normalized spacial score (nSPS) is 19.1. The fraction of sp³-hybridized carbons (Fsp3) is 0.500. The summed E-state index contributed by atoms with van der Waals surface area (Å²) in [5.74, 6) is 1.08. The monoisotopic (exact) mass is 491 g/mol. The fourth-order valence-electron chi connectivity index (χ4n) is 4.06. The average Bonchev–Trinajstić information content (AvgIpc) is 3.21. The Balaban J connectivity index is 1.56. The molecule has 33 heavy (non-hydrogen) atoms. The maximum Gasteiger partial charge on any atom is 0.219 e. The number of piperidine rings is 1. The molecule has 0 unspecified atom stereocenters. The molecule has 13 heteroatoms. The first-order chi connectivity index (χ1) is 15.8. The summed E-state index contributed by atoms with van der Waals surface area (Å²) in [7, 11) is -3.78. The van der Waals surface area contributed by atoms with Crippen molar-refractivity contribution in [1.29, 1.82) is 0 Å². The Morgan fingerprint density at radius 3 is 2.58 bits per heavy atom. The highest BCUT2D eigenvalue weighted by Gasteiger charge is 2.42. The molecule has 3 aromatic rings. The number of aliphatic hydroxyl groups is 1. The van der Waals surface area contributed by atoms with Gasteiger partial charge in [-0.25, -0.2) is 28.4 Å². The van der Waals surface area contributed by atoms with Crippen LogP contribution in [0.4, 0.5) is 11.8 Å². The van der Waals surface area contributed by atoms with Crippen LogP contribution in [0, 0.1) is 0 Å². The second-order valence-electron chi connectivity index (χ2n) is 8.18. The van der Waals surface area contributed by atoms with E-state index in [1.54, 1.807) is 18.5 Å². The van der Waals surface area contributed by atoms with Crippen LogP contribution in [-0.2, 0) is 20.3 Å². The molecule has 0 amide bonds. The number of sulfone groups is 1. The summed E-state index contributed by atoms with van der Waals surface area (Å²) in [6.45, 7) is 3.45. The number of hydrogen-bond donors (Lipinski definition) is 3. The van der Waals surface area contributed by atoms with E-state index in [1.807, 2.05) is 0 Å². The summed E-state index contributed by atoms with van der Waals surface area (Å²) in [5, 5.41) is 13.9. The van der Waals surface area contributed by atoms with Gasteiger partial charge in [-0.05, 0) is 19.2 Å². The van der Waals surface area contributed by atoms with Gasteiger partial charge in [-0.15, -0.1) is 11.3 Å². The molecule has 2 fully saturated rings. The molecule has 5 rings (SSSR count). The second kappa shape index (κ2) is 8.72. The molecule has 176 valence electrons. The van der Waals surface area contributed by atoms with Gasteiger partial charge in [-0.2, -0.15) is 0 Å².